The van der Waals surface area contributed by atoms with E-state index in [0.717, 1.165) is 50.9 Å². The lowest BCUT2D eigenvalue weighted by molar-refractivity contribution is 0.121. The smallest absolute Gasteiger partial charge is 0.152 e. The minimum Gasteiger partial charge on any atom is -0.508 e. The minimum atomic E-state index is 0.226. The molecule has 0 saturated carbocycles. The van der Waals surface area contributed by atoms with Gasteiger partial charge in [0.1, 0.15) is 23.5 Å². The number of anilines is 1. The van der Waals surface area contributed by atoms with Crippen molar-refractivity contribution < 1.29 is 9.84 Å². The maximum absolute atomic E-state index is 10.3. The van der Waals surface area contributed by atoms with E-state index in [0.29, 0.717) is 24.7 Å². The molecule has 0 aliphatic heterocycles. The van der Waals surface area contributed by atoms with E-state index in [9.17, 15) is 5.11 Å². The second kappa shape index (κ2) is 7.33. The van der Waals surface area contributed by atoms with Gasteiger partial charge < -0.3 is 15.6 Å². The molecule has 0 bridgehead atoms. The number of pyridine rings is 1. The second-order valence-corrected chi connectivity index (χ2v) is 7.32. The zero-order valence-electron chi connectivity index (χ0n) is 17.2. The summed E-state index contributed by atoms with van der Waals surface area (Å²) in [6.07, 6.45) is 2.42. The number of nitrogen functional groups attached to an aromatic ring is 1. The van der Waals surface area contributed by atoms with E-state index in [1.807, 2.05) is 31.4 Å². The monoisotopic (exact) mass is 391 g/mol. The number of nitrogens with two attached hydrogens (primary N) is 1. The van der Waals surface area contributed by atoms with Crippen LogP contribution in [0.5, 0.6) is 5.75 Å². The third-order valence-electron chi connectivity index (χ3n) is 5.28. The van der Waals surface area contributed by atoms with Gasteiger partial charge in [-0.2, -0.15) is 0 Å². The molecule has 0 spiro atoms. The van der Waals surface area contributed by atoms with Crippen LogP contribution in [0.15, 0.2) is 24.5 Å². The van der Waals surface area contributed by atoms with E-state index in [4.69, 9.17) is 15.5 Å². The Bertz CT molecular complexity index is 1230. The summed E-state index contributed by atoms with van der Waals surface area (Å²) >= 11 is 0. The number of rotatable bonds is 5. The van der Waals surface area contributed by atoms with Crippen molar-refractivity contribution in [1.82, 2.24) is 19.5 Å². The Labute approximate surface area is 169 Å². The van der Waals surface area contributed by atoms with E-state index in [1.54, 1.807) is 6.07 Å². The van der Waals surface area contributed by atoms with E-state index in [2.05, 4.69) is 23.0 Å². The van der Waals surface area contributed by atoms with Crippen LogP contribution in [0.3, 0.4) is 0 Å². The van der Waals surface area contributed by atoms with Crippen LogP contribution >= 0.6 is 0 Å². The fourth-order valence-electron chi connectivity index (χ4n) is 3.76. The van der Waals surface area contributed by atoms with E-state index in [-0.39, 0.29) is 5.75 Å². The van der Waals surface area contributed by atoms with Crippen molar-refractivity contribution in [2.24, 2.45) is 0 Å². The normalized spacial score (nSPS) is 11.6. The summed E-state index contributed by atoms with van der Waals surface area (Å²) in [4.78, 5) is 13.6. The van der Waals surface area contributed by atoms with Crippen LogP contribution in [-0.2, 0) is 11.3 Å². The number of hydrogen-bond acceptors (Lipinski definition) is 6. The maximum atomic E-state index is 10.3. The second-order valence-electron chi connectivity index (χ2n) is 7.32. The molecule has 0 radical (unpaired) electrons. The van der Waals surface area contributed by atoms with Crippen LogP contribution < -0.4 is 5.73 Å². The zero-order chi connectivity index (χ0) is 20.7. The van der Waals surface area contributed by atoms with Gasteiger partial charge in [-0.1, -0.05) is 13.0 Å². The van der Waals surface area contributed by atoms with Crippen molar-refractivity contribution in [2.45, 2.75) is 40.7 Å². The van der Waals surface area contributed by atoms with Gasteiger partial charge in [-0.25, -0.2) is 15.0 Å². The predicted molar refractivity (Wildman–Crippen MR) is 114 cm³/mol. The van der Waals surface area contributed by atoms with Crippen molar-refractivity contribution in [3.8, 4) is 11.4 Å². The molecule has 0 saturated heterocycles. The first-order chi connectivity index (χ1) is 13.9. The molecule has 29 heavy (non-hydrogen) atoms. The van der Waals surface area contributed by atoms with Gasteiger partial charge in [0.15, 0.2) is 5.65 Å². The number of aromatic nitrogens is 4. The lowest BCUT2D eigenvalue weighted by Gasteiger charge is -2.15. The van der Waals surface area contributed by atoms with Crippen LogP contribution in [0, 0.1) is 20.8 Å². The molecule has 3 N–H and O–H groups in total. The summed E-state index contributed by atoms with van der Waals surface area (Å²) in [5, 5.41) is 12.0. The average Bonchev–Trinajstić information content (AvgIpc) is 3.00. The van der Waals surface area contributed by atoms with E-state index < -0.39 is 0 Å². The van der Waals surface area contributed by atoms with Gasteiger partial charge in [-0.05, 0) is 50.5 Å². The lowest BCUT2D eigenvalue weighted by Crippen LogP contribution is -2.04. The Morgan fingerprint density at radius 1 is 1.14 bits per heavy atom. The molecule has 0 amide bonds. The van der Waals surface area contributed by atoms with Crippen LogP contribution in [0.1, 0.15) is 35.7 Å². The number of fused-ring (bicyclic) bond motifs is 3. The Kier molecular flexibility index (Phi) is 4.84. The first-order valence-corrected chi connectivity index (χ1v) is 9.72. The molecule has 7 heteroatoms. The molecule has 0 atom stereocenters. The first kappa shape index (κ1) is 19.1. The summed E-state index contributed by atoms with van der Waals surface area (Å²) in [5.74, 6) is 0.629. The molecular weight excluding hydrogens is 366 g/mol. The van der Waals surface area contributed by atoms with Gasteiger partial charge >= 0.3 is 0 Å². The molecule has 0 fully saturated rings. The first-order valence-electron chi connectivity index (χ1n) is 9.72. The number of ether oxygens (including phenoxy) is 1. The van der Waals surface area contributed by atoms with Crippen LogP contribution in [-0.4, -0.2) is 31.2 Å². The molecule has 0 aliphatic rings. The van der Waals surface area contributed by atoms with Gasteiger partial charge in [-0.3, -0.25) is 4.57 Å². The highest BCUT2D eigenvalue weighted by Crippen LogP contribution is 2.37. The van der Waals surface area contributed by atoms with Crippen molar-refractivity contribution in [3.63, 3.8) is 0 Å². The van der Waals surface area contributed by atoms with E-state index >= 15 is 0 Å². The standard InChI is InChI=1S/C22H25N5O2/c1-5-8-29-10-15-9-16-18-20(23)24-11-25-22(18)27(21(16)26-14(15)4)19-12(2)6-7-17(28)13(19)3/h6-7,9,11,28H,5,8,10H2,1-4H3,(H2,23,24,25). The molecule has 0 aliphatic carbocycles. The summed E-state index contributed by atoms with van der Waals surface area (Å²) < 4.78 is 7.71. The molecular formula is C22H25N5O2. The number of phenolic OH excluding ortho intramolecular Hbond substituents is 1. The molecule has 4 rings (SSSR count). The Morgan fingerprint density at radius 3 is 2.69 bits per heavy atom. The average molecular weight is 391 g/mol. The highest BCUT2D eigenvalue weighted by atomic mass is 16.5. The largest absolute Gasteiger partial charge is 0.508 e. The maximum Gasteiger partial charge on any atom is 0.152 e. The van der Waals surface area contributed by atoms with Gasteiger partial charge in [0.05, 0.1) is 17.7 Å². The predicted octanol–water partition coefficient (Wildman–Crippen LogP) is 4.11. The Hall–Kier alpha value is -3.19. The molecule has 1 aromatic carbocycles. The summed E-state index contributed by atoms with van der Waals surface area (Å²) in [5.41, 5.74) is 12.2. The van der Waals surface area contributed by atoms with Crippen LogP contribution in [0.2, 0.25) is 0 Å². The minimum absolute atomic E-state index is 0.226. The molecule has 3 heterocycles. The Morgan fingerprint density at radius 2 is 1.93 bits per heavy atom. The molecule has 150 valence electrons. The molecule has 7 nitrogen and oxygen atoms in total. The zero-order valence-corrected chi connectivity index (χ0v) is 17.2. The quantitative estimate of drug-likeness (QED) is 0.497. The molecule has 0 unspecified atom stereocenters. The van der Waals surface area contributed by atoms with Crippen LogP contribution in [0.25, 0.3) is 27.8 Å². The van der Waals surface area contributed by atoms with E-state index in [1.165, 1.54) is 6.33 Å². The van der Waals surface area contributed by atoms with Gasteiger partial charge in [0, 0.05) is 23.3 Å². The summed E-state index contributed by atoms with van der Waals surface area (Å²) in [6, 6.07) is 5.66. The van der Waals surface area contributed by atoms with Crippen molar-refractivity contribution in [3.05, 3.63) is 46.9 Å². The van der Waals surface area contributed by atoms with Gasteiger partial charge in [-0.15, -0.1) is 0 Å². The number of hydrogen-bond donors (Lipinski definition) is 2. The fourth-order valence-corrected chi connectivity index (χ4v) is 3.76. The highest BCUT2D eigenvalue weighted by Gasteiger charge is 2.22. The fraction of sp³-hybridized carbons (Fsp3) is 0.318. The van der Waals surface area contributed by atoms with Gasteiger partial charge in [0.25, 0.3) is 0 Å². The number of phenols is 1. The van der Waals surface area contributed by atoms with Crippen LogP contribution in [0.4, 0.5) is 5.82 Å². The third kappa shape index (κ3) is 3.07. The number of benzene rings is 1. The molecule has 3 aromatic heterocycles. The topological polar surface area (TPSA) is 99.1 Å². The van der Waals surface area contributed by atoms with Crippen molar-refractivity contribution >= 4 is 27.9 Å². The number of nitrogens with zero attached hydrogens (tertiary/aromatic N) is 4. The van der Waals surface area contributed by atoms with Crippen molar-refractivity contribution in [1.29, 1.82) is 0 Å². The summed E-state index contributed by atoms with van der Waals surface area (Å²) in [7, 11) is 0. The Balaban J connectivity index is 2.09. The lowest BCUT2D eigenvalue weighted by atomic mass is 10.1. The van der Waals surface area contributed by atoms with Crippen molar-refractivity contribution in [2.75, 3.05) is 12.3 Å². The van der Waals surface area contributed by atoms with Gasteiger partial charge in [0.2, 0.25) is 0 Å². The number of aromatic hydroxyl groups is 1. The molecule has 4 aromatic rings. The number of aryl methyl sites for hydroxylation is 2. The summed E-state index contributed by atoms with van der Waals surface area (Å²) in [6.45, 7) is 9.14. The third-order valence-corrected chi connectivity index (χ3v) is 5.28. The SMILES string of the molecule is CCCOCc1cc2c3c(N)ncnc3n(-c3c(C)ccc(O)c3C)c2nc1C. The highest BCUT2D eigenvalue weighted by molar-refractivity contribution is 6.11.